The van der Waals surface area contributed by atoms with E-state index >= 15 is 0 Å². The van der Waals surface area contributed by atoms with Gasteiger partial charge < -0.3 is 15.1 Å². The molecule has 1 aromatic rings. The van der Waals surface area contributed by atoms with Crippen molar-refractivity contribution in [3.63, 3.8) is 0 Å². The lowest BCUT2D eigenvalue weighted by Gasteiger charge is -2.23. The second kappa shape index (κ2) is 7.48. The van der Waals surface area contributed by atoms with Crippen LogP contribution in [-0.4, -0.2) is 44.7 Å². The molecule has 4 heteroatoms. The van der Waals surface area contributed by atoms with E-state index in [4.69, 9.17) is 11.6 Å². The molecule has 0 spiro atoms. The number of nitrogens with zero attached hydrogens (tertiary/aromatic N) is 2. The molecule has 21 heavy (non-hydrogen) atoms. The Morgan fingerprint density at radius 3 is 2.71 bits per heavy atom. The Morgan fingerprint density at radius 2 is 2.14 bits per heavy atom. The number of hydrogen-bond acceptors (Lipinski definition) is 3. The fraction of sp³-hybridized carbons (Fsp3) is 0.647. The molecule has 1 aliphatic heterocycles. The van der Waals surface area contributed by atoms with Gasteiger partial charge in [0.05, 0.1) is 10.7 Å². The zero-order valence-electron chi connectivity index (χ0n) is 13.7. The lowest BCUT2D eigenvalue weighted by molar-refractivity contribution is 0.315. The molecule has 118 valence electrons. The molecular weight excluding hydrogens is 282 g/mol. The van der Waals surface area contributed by atoms with Crippen molar-refractivity contribution in [3.8, 4) is 0 Å². The molecule has 1 heterocycles. The van der Waals surface area contributed by atoms with E-state index in [1.807, 2.05) is 0 Å². The van der Waals surface area contributed by atoms with Crippen LogP contribution < -0.4 is 10.2 Å². The molecule has 0 radical (unpaired) electrons. The summed E-state index contributed by atoms with van der Waals surface area (Å²) in [6.45, 7) is 8.52. The molecule has 0 saturated carbocycles. The summed E-state index contributed by atoms with van der Waals surface area (Å²) < 4.78 is 0. The third-order valence-electron chi connectivity index (χ3n) is 4.13. The summed E-state index contributed by atoms with van der Waals surface area (Å²) in [5, 5.41) is 4.33. The van der Waals surface area contributed by atoms with Crippen molar-refractivity contribution in [3.05, 3.63) is 28.8 Å². The third kappa shape index (κ3) is 4.60. The fourth-order valence-corrected chi connectivity index (χ4v) is 3.13. The first kappa shape index (κ1) is 16.6. The van der Waals surface area contributed by atoms with Gasteiger partial charge in [0.25, 0.3) is 0 Å². The highest BCUT2D eigenvalue weighted by molar-refractivity contribution is 6.33. The Morgan fingerprint density at radius 1 is 1.38 bits per heavy atom. The number of halogens is 1. The van der Waals surface area contributed by atoms with E-state index in [-0.39, 0.29) is 0 Å². The van der Waals surface area contributed by atoms with E-state index in [2.05, 4.69) is 61.3 Å². The van der Waals surface area contributed by atoms with Crippen molar-refractivity contribution in [2.24, 2.45) is 5.92 Å². The lowest BCUT2D eigenvalue weighted by Crippen LogP contribution is -2.31. The van der Waals surface area contributed by atoms with Crippen LogP contribution in [0.15, 0.2) is 18.2 Å². The zero-order chi connectivity index (χ0) is 15.4. The van der Waals surface area contributed by atoms with Gasteiger partial charge in [0.15, 0.2) is 0 Å². The third-order valence-corrected chi connectivity index (χ3v) is 4.43. The van der Waals surface area contributed by atoms with E-state index in [1.54, 1.807) is 0 Å². The smallest absolute Gasteiger partial charge is 0.0642 e. The molecular formula is C17H28ClN3. The van der Waals surface area contributed by atoms with Gasteiger partial charge in [-0.05, 0) is 50.7 Å². The lowest BCUT2D eigenvalue weighted by atomic mass is 10.1. The topological polar surface area (TPSA) is 18.5 Å². The van der Waals surface area contributed by atoms with E-state index in [0.29, 0.717) is 12.0 Å². The maximum absolute atomic E-state index is 6.50. The van der Waals surface area contributed by atoms with Crippen molar-refractivity contribution < 1.29 is 0 Å². The first-order valence-corrected chi connectivity index (χ1v) is 8.25. The molecule has 0 amide bonds. The van der Waals surface area contributed by atoms with Gasteiger partial charge in [0.2, 0.25) is 0 Å². The number of nitrogens with one attached hydrogen (secondary N) is 1. The molecule has 1 atom stereocenters. The summed E-state index contributed by atoms with van der Waals surface area (Å²) in [5.41, 5.74) is 2.43. The monoisotopic (exact) mass is 309 g/mol. The normalized spacial score (nSPS) is 19.0. The number of rotatable bonds is 6. The second-order valence-corrected chi connectivity index (χ2v) is 7.07. The van der Waals surface area contributed by atoms with Crippen molar-refractivity contribution >= 4 is 17.3 Å². The highest BCUT2D eigenvalue weighted by atomic mass is 35.5. The average molecular weight is 310 g/mol. The van der Waals surface area contributed by atoms with Crippen molar-refractivity contribution in [1.29, 1.82) is 0 Å². The molecule has 0 aliphatic carbocycles. The van der Waals surface area contributed by atoms with E-state index < -0.39 is 0 Å². The molecule has 1 aromatic carbocycles. The minimum atomic E-state index is 0.633. The van der Waals surface area contributed by atoms with Crippen LogP contribution in [-0.2, 0) is 6.54 Å². The van der Waals surface area contributed by atoms with Crippen LogP contribution in [0, 0.1) is 5.92 Å². The zero-order valence-corrected chi connectivity index (χ0v) is 14.5. The molecule has 1 N–H and O–H groups in total. The van der Waals surface area contributed by atoms with Crippen LogP contribution >= 0.6 is 11.6 Å². The van der Waals surface area contributed by atoms with Gasteiger partial charge >= 0.3 is 0 Å². The van der Waals surface area contributed by atoms with Gasteiger partial charge in [-0.3, -0.25) is 0 Å². The van der Waals surface area contributed by atoms with E-state index in [0.717, 1.165) is 31.2 Å². The average Bonchev–Trinajstić information content (AvgIpc) is 2.88. The van der Waals surface area contributed by atoms with Gasteiger partial charge in [-0.15, -0.1) is 0 Å². The number of anilines is 1. The van der Waals surface area contributed by atoms with Crippen LogP contribution in [0.4, 0.5) is 5.69 Å². The summed E-state index contributed by atoms with van der Waals surface area (Å²) in [6.07, 6.45) is 1.21. The minimum Gasteiger partial charge on any atom is -0.369 e. The van der Waals surface area contributed by atoms with Gasteiger partial charge in [-0.1, -0.05) is 31.5 Å². The van der Waals surface area contributed by atoms with Crippen LogP contribution in [0.3, 0.4) is 0 Å². The van der Waals surface area contributed by atoms with Crippen molar-refractivity contribution in [2.75, 3.05) is 38.6 Å². The highest BCUT2D eigenvalue weighted by Crippen LogP contribution is 2.30. The van der Waals surface area contributed by atoms with E-state index in [1.165, 1.54) is 17.7 Å². The fourth-order valence-electron chi connectivity index (χ4n) is 2.80. The first-order valence-electron chi connectivity index (χ1n) is 7.88. The molecule has 0 bridgehead atoms. The number of benzene rings is 1. The van der Waals surface area contributed by atoms with Crippen LogP contribution in [0.25, 0.3) is 0 Å². The summed E-state index contributed by atoms with van der Waals surface area (Å²) >= 11 is 6.50. The summed E-state index contributed by atoms with van der Waals surface area (Å²) in [4.78, 5) is 4.70. The Bertz CT molecular complexity index is 459. The SMILES string of the molecule is CC(C)CNCc1ccc(N2CCC(N(C)C)C2)c(Cl)c1. The molecule has 3 nitrogen and oxygen atoms in total. The minimum absolute atomic E-state index is 0.633. The molecule has 2 rings (SSSR count). The summed E-state index contributed by atoms with van der Waals surface area (Å²) in [7, 11) is 4.30. The van der Waals surface area contributed by atoms with Gasteiger partial charge in [-0.2, -0.15) is 0 Å². The highest BCUT2D eigenvalue weighted by Gasteiger charge is 2.25. The number of likely N-dealkylation sites (N-methyl/N-ethyl adjacent to an activating group) is 1. The maximum Gasteiger partial charge on any atom is 0.0642 e. The Labute approximate surface area is 134 Å². The Hall–Kier alpha value is -0.770. The van der Waals surface area contributed by atoms with Gasteiger partial charge in [-0.25, -0.2) is 0 Å². The standard InChI is InChI=1S/C17H28ClN3/c1-13(2)10-19-11-14-5-6-17(16(18)9-14)21-8-7-15(12-21)20(3)4/h5-6,9,13,15,19H,7-8,10-12H2,1-4H3. The van der Waals surface area contributed by atoms with Crippen LogP contribution in [0.5, 0.6) is 0 Å². The molecule has 1 saturated heterocycles. The maximum atomic E-state index is 6.50. The largest absolute Gasteiger partial charge is 0.369 e. The van der Waals surface area contributed by atoms with Crippen molar-refractivity contribution in [1.82, 2.24) is 10.2 Å². The summed E-state index contributed by atoms with van der Waals surface area (Å²) in [6, 6.07) is 7.10. The van der Waals surface area contributed by atoms with Crippen LogP contribution in [0.2, 0.25) is 5.02 Å². The predicted molar refractivity (Wildman–Crippen MR) is 92.3 cm³/mol. The van der Waals surface area contributed by atoms with Crippen LogP contribution in [0.1, 0.15) is 25.8 Å². The Balaban J connectivity index is 1.96. The Kier molecular flexibility index (Phi) is 5.91. The molecule has 0 aromatic heterocycles. The van der Waals surface area contributed by atoms with Gasteiger partial charge in [0.1, 0.15) is 0 Å². The molecule has 1 aliphatic rings. The summed E-state index contributed by atoms with van der Waals surface area (Å²) in [5.74, 6) is 0.673. The second-order valence-electron chi connectivity index (χ2n) is 6.66. The molecule has 1 fully saturated rings. The quantitative estimate of drug-likeness (QED) is 0.870. The van der Waals surface area contributed by atoms with E-state index in [9.17, 15) is 0 Å². The predicted octanol–water partition coefficient (Wildman–Crippen LogP) is 3.23. The first-order chi connectivity index (χ1) is 9.97. The number of hydrogen-bond donors (Lipinski definition) is 1. The van der Waals surface area contributed by atoms with Crippen molar-refractivity contribution in [2.45, 2.75) is 32.9 Å². The van der Waals surface area contributed by atoms with Gasteiger partial charge in [0, 0.05) is 25.7 Å². The molecule has 1 unspecified atom stereocenters.